The predicted molar refractivity (Wildman–Crippen MR) is 99.0 cm³/mol. The van der Waals surface area contributed by atoms with Gasteiger partial charge in [-0.2, -0.15) is 0 Å². The first-order chi connectivity index (χ1) is 10.3. The molecule has 23 heavy (non-hydrogen) atoms. The van der Waals surface area contributed by atoms with Crippen LogP contribution in [0.5, 0.6) is 0 Å². The van der Waals surface area contributed by atoms with Crippen LogP contribution in [0, 0.1) is 0 Å². The molecule has 0 atom stereocenters. The van der Waals surface area contributed by atoms with Gasteiger partial charge in [0.15, 0.2) is 0 Å². The molecule has 2 heterocycles. The average Bonchev–Trinajstić information content (AvgIpc) is 2.57. The van der Waals surface area contributed by atoms with Gasteiger partial charge in [0, 0.05) is 42.6 Å². The molecule has 0 aliphatic carbocycles. The molecule has 0 unspecified atom stereocenters. The van der Waals surface area contributed by atoms with Gasteiger partial charge in [0.05, 0.1) is 5.69 Å². The van der Waals surface area contributed by atoms with Gasteiger partial charge in [-0.05, 0) is 42.5 Å². The second kappa shape index (κ2) is 8.92. The van der Waals surface area contributed by atoms with E-state index in [1.165, 1.54) is 0 Å². The summed E-state index contributed by atoms with van der Waals surface area (Å²) in [5, 5.41) is 6.28. The highest BCUT2D eigenvalue weighted by molar-refractivity contribution is 5.85. The highest BCUT2D eigenvalue weighted by atomic mass is 35.5. The van der Waals surface area contributed by atoms with Gasteiger partial charge in [0.2, 0.25) is 5.95 Å². The first-order valence-electron chi connectivity index (χ1n) is 6.63. The number of pyridine rings is 1. The van der Waals surface area contributed by atoms with Gasteiger partial charge in [0.25, 0.3) is 0 Å². The number of benzene rings is 1. The molecule has 0 aliphatic rings. The van der Waals surface area contributed by atoms with Crippen LogP contribution in [-0.2, 0) is 0 Å². The highest BCUT2D eigenvalue weighted by Gasteiger charge is 2.02. The number of nitrogens with zero attached hydrogens (tertiary/aromatic N) is 3. The third kappa shape index (κ3) is 4.81. The summed E-state index contributed by atoms with van der Waals surface area (Å²) in [6, 6.07) is 13.7. The molecule has 1 aromatic carbocycles. The Morgan fingerprint density at radius 2 is 1.43 bits per heavy atom. The van der Waals surface area contributed by atoms with Crippen molar-refractivity contribution in [2.45, 2.75) is 0 Å². The lowest BCUT2D eigenvalue weighted by Gasteiger charge is -2.07. The lowest BCUT2D eigenvalue weighted by atomic mass is 10.2. The van der Waals surface area contributed by atoms with Crippen LogP contribution in [0.1, 0.15) is 0 Å². The number of anilines is 3. The van der Waals surface area contributed by atoms with Crippen LogP contribution in [0.3, 0.4) is 0 Å². The quantitative estimate of drug-likeness (QED) is 0.740. The molecule has 7 heteroatoms. The van der Waals surface area contributed by atoms with Gasteiger partial charge < -0.3 is 10.6 Å². The fourth-order valence-corrected chi connectivity index (χ4v) is 1.95. The molecule has 0 saturated carbocycles. The van der Waals surface area contributed by atoms with Gasteiger partial charge in [-0.1, -0.05) is 0 Å². The fourth-order valence-electron chi connectivity index (χ4n) is 1.95. The summed E-state index contributed by atoms with van der Waals surface area (Å²) in [7, 11) is 1.89. The number of hydrogen-bond acceptors (Lipinski definition) is 5. The smallest absolute Gasteiger partial charge is 0.227 e. The van der Waals surface area contributed by atoms with Crippen LogP contribution < -0.4 is 10.6 Å². The SMILES string of the molecule is CNc1ccc(Nc2nccc(-c3ccncc3)n2)cc1.Cl.Cl. The van der Waals surface area contributed by atoms with E-state index >= 15 is 0 Å². The average molecular weight is 350 g/mol. The second-order valence-corrected chi connectivity index (χ2v) is 4.45. The summed E-state index contributed by atoms with van der Waals surface area (Å²) < 4.78 is 0. The Kier molecular flexibility index (Phi) is 7.25. The molecule has 0 saturated heterocycles. The molecule has 120 valence electrons. The van der Waals surface area contributed by atoms with E-state index < -0.39 is 0 Å². The van der Waals surface area contributed by atoms with E-state index in [2.05, 4.69) is 25.6 Å². The molecular weight excluding hydrogens is 333 g/mol. The molecule has 0 bridgehead atoms. The maximum Gasteiger partial charge on any atom is 0.227 e. The van der Waals surface area contributed by atoms with Crippen molar-refractivity contribution in [2.75, 3.05) is 17.7 Å². The Balaban J connectivity index is 0.00000132. The third-order valence-electron chi connectivity index (χ3n) is 3.06. The first kappa shape index (κ1) is 18.7. The second-order valence-electron chi connectivity index (χ2n) is 4.45. The molecule has 0 aliphatic heterocycles. The van der Waals surface area contributed by atoms with E-state index in [0.29, 0.717) is 5.95 Å². The minimum absolute atomic E-state index is 0. The van der Waals surface area contributed by atoms with Crippen LogP contribution in [0.2, 0.25) is 0 Å². The minimum atomic E-state index is 0. The van der Waals surface area contributed by atoms with Gasteiger partial charge >= 0.3 is 0 Å². The minimum Gasteiger partial charge on any atom is -0.388 e. The van der Waals surface area contributed by atoms with Crippen LogP contribution in [0.4, 0.5) is 17.3 Å². The van der Waals surface area contributed by atoms with Gasteiger partial charge in [-0.15, -0.1) is 24.8 Å². The third-order valence-corrected chi connectivity index (χ3v) is 3.06. The fraction of sp³-hybridized carbons (Fsp3) is 0.0625. The molecule has 0 spiro atoms. The lowest BCUT2D eigenvalue weighted by Crippen LogP contribution is -1.98. The Labute approximate surface area is 147 Å². The van der Waals surface area contributed by atoms with Gasteiger partial charge in [0.1, 0.15) is 0 Å². The largest absolute Gasteiger partial charge is 0.388 e. The van der Waals surface area contributed by atoms with Crippen molar-refractivity contribution in [3.05, 3.63) is 61.1 Å². The Bertz CT molecular complexity index is 720. The summed E-state index contributed by atoms with van der Waals surface area (Å²) in [5.74, 6) is 0.571. The van der Waals surface area contributed by atoms with E-state index in [1.807, 2.05) is 49.5 Å². The zero-order chi connectivity index (χ0) is 14.5. The van der Waals surface area contributed by atoms with Crippen molar-refractivity contribution >= 4 is 42.1 Å². The number of halogens is 2. The predicted octanol–water partition coefficient (Wildman–Crippen LogP) is 4.17. The van der Waals surface area contributed by atoms with Crippen LogP contribution >= 0.6 is 24.8 Å². The summed E-state index contributed by atoms with van der Waals surface area (Å²) in [4.78, 5) is 12.8. The zero-order valence-electron chi connectivity index (χ0n) is 12.4. The van der Waals surface area contributed by atoms with E-state index in [-0.39, 0.29) is 24.8 Å². The van der Waals surface area contributed by atoms with E-state index in [0.717, 1.165) is 22.6 Å². The number of aromatic nitrogens is 3. The van der Waals surface area contributed by atoms with Crippen molar-refractivity contribution in [3.63, 3.8) is 0 Å². The lowest BCUT2D eigenvalue weighted by molar-refractivity contribution is 1.17. The number of hydrogen-bond donors (Lipinski definition) is 2. The van der Waals surface area contributed by atoms with Crippen LogP contribution in [-0.4, -0.2) is 22.0 Å². The van der Waals surface area contributed by atoms with Crippen molar-refractivity contribution in [2.24, 2.45) is 0 Å². The van der Waals surface area contributed by atoms with Crippen molar-refractivity contribution in [3.8, 4) is 11.3 Å². The van der Waals surface area contributed by atoms with Crippen molar-refractivity contribution < 1.29 is 0 Å². The van der Waals surface area contributed by atoms with Gasteiger partial charge in [-0.3, -0.25) is 4.98 Å². The Morgan fingerprint density at radius 3 is 2.09 bits per heavy atom. The van der Waals surface area contributed by atoms with Crippen molar-refractivity contribution in [1.82, 2.24) is 15.0 Å². The molecule has 0 fully saturated rings. The molecule has 3 aromatic rings. The van der Waals surface area contributed by atoms with Gasteiger partial charge in [-0.25, -0.2) is 9.97 Å². The molecular formula is C16H17Cl2N5. The van der Waals surface area contributed by atoms with E-state index in [9.17, 15) is 0 Å². The standard InChI is InChI=1S/C16H15N5.2ClH/c1-17-13-2-4-14(5-3-13)20-16-19-11-8-15(21-16)12-6-9-18-10-7-12;;/h2-11,17H,1H3,(H,19,20,21);2*1H. The van der Waals surface area contributed by atoms with Crippen LogP contribution in [0.25, 0.3) is 11.3 Å². The maximum absolute atomic E-state index is 4.52. The Hall–Kier alpha value is -2.37. The highest BCUT2D eigenvalue weighted by Crippen LogP contribution is 2.19. The normalized spacial score (nSPS) is 9.26. The number of nitrogens with one attached hydrogen (secondary N) is 2. The first-order valence-corrected chi connectivity index (χ1v) is 6.63. The van der Waals surface area contributed by atoms with Crippen LogP contribution in [0.15, 0.2) is 61.1 Å². The summed E-state index contributed by atoms with van der Waals surface area (Å²) in [6.45, 7) is 0. The molecule has 2 N–H and O–H groups in total. The molecule has 0 amide bonds. The Morgan fingerprint density at radius 1 is 0.783 bits per heavy atom. The molecule has 3 rings (SSSR count). The monoisotopic (exact) mass is 349 g/mol. The number of rotatable bonds is 4. The molecule has 5 nitrogen and oxygen atoms in total. The molecule has 2 aromatic heterocycles. The topological polar surface area (TPSA) is 62.7 Å². The molecule has 0 radical (unpaired) electrons. The van der Waals surface area contributed by atoms with E-state index in [1.54, 1.807) is 18.6 Å². The summed E-state index contributed by atoms with van der Waals surface area (Å²) in [5.41, 5.74) is 3.88. The summed E-state index contributed by atoms with van der Waals surface area (Å²) >= 11 is 0. The maximum atomic E-state index is 4.52. The zero-order valence-corrected chi connectivity index (χ0v) is 14.1. The van der Waals surface area contributed by atoms with E-state index in [4.69, 9.17) is 0 Å². The summed E-state index contributed by atoms with van der Waals surface area (Å²) in [6.07, 6.45) is 5.25. The van der Waals surface area contributed by atoms with Crippen molar-refractivity contribution in [1.29, 1.82) is 0 Å².